The third-order valence-corrected chi connectivity index (χ3v) is 2.90. The highest BCUT2D eigenvalue weighted by molar-refractivity contribution is 4.71. The summed E-state index contributed by atoms with van der Waals surface area (Å²) >= 11 is 0. The summed E-state index contributed by atoms with van der Waals surface area (Å²) in [5.74, 6) is 0. The lowest BCUT2D eigenvalue weighted by molar-refractivity contribution is -0.0112. The van der Waals surface area contributed by atoms with Crippen molar-refractivity contribution in [2.75, 3.05) is 59.3 Å². The monoisotopic (exact) mass is 305 g/mol. The Bertz CT molecular complexity index is 212. The second kappa shape index (κ2) is 14.7. The summed E-state index contributed by atoms with van der Waals surface area (Å²) in [5.41, 5.74) is -0.115. The summed E-state index contributed by atoms with van der Waals surface area (Å²) in [4.78, 5) is 0. The Morgan fingerprint density at radius 1 is 0.810 bits per heavy atom. The van der Waals surface area contributed by atoms with Crippen molar-refractivity contribution in [3.8, 4) is 0 Å². The molecule has 0 aromatic carbocycles. The van der Waals surface area contributed by atoms with E-state index in [1.807, 2.05) is 6.92 Å². The SMILES string of the molecule is CCCCOCCOCCOCCNCC(C)(C)OCC. The maximum atomic E-state index is 5.60. The molecule has 0 fully saturated rings. The topological polar surface area (TPSA) is 49.0 Å². The zero-order valence-corrected chi connectivity index (χ0v) is 14.4. The third kappa shape index (κ3) is 16.0. The van der Waals surface area contributed by atoms with E-state index >= 15 is 0 Å². The zero-order valence-electron chi connectivity index (χ0n) is 14.4. The average Bonchev–Trinajstić information content (AvgIpc) is 2.44. The van der Waals surface area contributed by atoms with Crippen LogP contribution >= 0.6 is 0 Å². The first kappa shape index (κ1) is 20.8. The quantitative estimate of drug-likeness (QED) is 0.443. The van der Waals surface area contributed by atoms with Crippen LogP contribution in [-0.4, -0.2) is 64.9 Å². The first-order chi connectivity index (χ1) is 10.1. The highest BCUT2D eigenvalue weighted by Gasteiger charge is 2.16. The molecular weight excluding hydrogens is 270 g/mol. The molecule has 5 nitrogen and oxygen atoms in total. The molecule has 0 aliphatic rings. The van der Waals surface area contributed by atoms with Crippen LogP contribution in [0.5, 0.6) is 0 Å². The average molecular weight is 305 g/mol. The lowest BCUT2D eigenvalue weighted by atomic mass is 10.1. The van der Waals surface area contributed by atoms with Crippen LogP contribution in [0.3, 0.4) is 0 Å². The summed E-state index contributed by atoms with van der Waals surface area (Å²) in [7, 11) is 0. The van der Waals surface area contributed by atoms with Crippen molar-refractivity contribution in [1.29, 1.82) is 0 Å². The van der Waals surface area contributed by atoms with Crippen molar-refractivity contribution < 1.29 is 18.9 Å². The minimum absolute atomic E-state index is 0.115. The van der Waals surface area contributed by atoms with E-state index in [1.165, 1.54) is 6.42 Å². The standard InChI is InChI=1S/C16H35NO4/c1-5-7-9-18-11-13-20-14-12-19-10-8-17-15-16(3,4)21-6-2/h17H,5-15H2,1-4H3. The molecular formula is C16H35NO4. The maximum absolute atomic E-state index is 5.60. The minimum atomic E-state index is -0.115. The van der Waals surface area contributed by atoms with E-state index in [4.69, 9.17) is 18.9 Å². The molecule has 0 saturated carbocycles. The number of nitrogens with one attached hydrogen (secondary N) is 1. The predicted octanol–water partition coefficient (Wildman–Crippen LogP) is 2.24. The van der Waals surface area contributed by atoms with Crippen LogP contribution in [0.1, 0.15) is 40.5 Å². The van der Waals surface area contributed by atoms with Gasteiger partial charge >= 0.3 is 0 Å². The Hall–Kier alpha value is -0.200. The maximum Gasteiger partial charge on any atom is 0.0750 e. The summed E-state index contributed by atoms with van der Waals surface area (Å²) in [5, 5.41) is 3.33. The molecule has 0 heterocycles. The minimum Gasteiger partial charge on any atom is -0.379 e. The molecule has 0 aliphatic carbocycles. The second-order valence-corrected chi connectivity index (χ2v) is 5.56. The second-order valence-electron chi connectivity index (χ2n) is 5.56. The van der Waals surface area contributed by atoms with Crippen LogP contribution in [0.25, 0.3) is 0 Å². The van der Waals surface area contributed by atoms with Crippen LogP contribution in [0, 0.1) is 0 Å². The van der Waals surface area contributed by atoms with Gasteiger partial charge in [0, 0.05) is 26.3 Å². The first-order valence-electron chi connectivity index (χ1n) is 8.20. The van der Waals surface area contributed by atoms with Gasteiger partial charge in [0.1, 0.15) is 0 Å². The van der Waals surface area contributed by atoms with Crippen LogP contribution in [0.2, 0.25) is 0 Å². The highest BCUT2D eigenvalue weighted by atomic mass is 16.5. The fraction of sp³-hybridized carbons (Fsp3) is 1.00. The molecule has 0 atom stereocenters. The molecule has 0 spiro atoms. The summed E-state index contributed by atoms with van der Waals surface area (Å²) in [6.07, 6.45) is 2.29. The van der Waals surface area contributed by atoms with Crippen LogP contribution in [-0.2, 0) is 18.9 Å². The number of ether oxygens (including phenoxy) is 4. The Kier molecular flexibility index (Phi) is 14.6. The molecule has 0 radical (unpaired) electrons. The zero-order chi connectivity index (χ0) is 15.8. The molecule has 5 heteroatoms. The van der Waals surface area contributed by atoms with E-state index in [1.54, 1.807) is 0 Å². The molecule has 0 saturated heterocycles. The van der Waals surface area contributed by atoms with Crippen molar-refractivity contribution in [3.05, 3.63) is 0 Å². The predicted molar refractivity (Wildman–Crippen MR) is 85.9 cm³/mol. The number of hydrogen-bond donors (Lipinski definition) is 1. The fourth-order valence-corrected chi connectivity index (χ4v) is 1.76. The molecule has 0 rings (SSSR count). The molecule has 0 aromatic rings. The van der Waals surface area contributed by atoms with E-state index in [0.29, 0.717) is 33.0 Å². The van der Waals surface area contributed by atoms with Gasteiger partial charge in [-0.1, -0.05) is 13.3 Å². The highest BCUT2D eigenvalue weighted by Crippen LogP contribution is 2.06. The largest absolute Gasteiger partial charge is 0.379 e. The van der Waals surface area contributed by atoms with Gasteiger partial charge in [-0.2, -0.15) is 0 Å². The molecule has 0 bridgehead atoms. The fourth-order valence-electron chi connectivity index (χ4n) is 1.76. The van der Waals surface area contributed by atoms with E-state index in [2.05, 4.69) is 26.1 Å². The number of rotatable bonds is 16. The van der Waals surface area contributed by atoms with Gasteiger partial charge in [0.25, 0.3) is 0 Å². The normalized spacial score (nSPS) is 12.0. The first-order valence-corrected chi connectivity index (χ1v) is 8.20. The lowest BCUT2D eigenvalue weighted by Crippen LogP contribution is -2.39. The van der Waals surface area contributed by atoms with Crippen molar-refractivity contribution in [3.63, 3.8) is 0 Å². The van der Waals surface area contributed by atoms with E-state index in [0.717, 1.165) is 32.7 Å². The summed E-state index contributed by atoms with van der Waals surface area (Å²) < 4.78 is 21.9. The molecule has 0 unspecified atom stereocenters. The lowest BCUT2D eigenvalue weighted by Gasteiger charge is -2.24. The summed E-state index contributed by atoms with van der Waals surface area (Å²) in [6.45, 7) is 14.8. The Labute approximate surface area is 130 Å². The van der Waals surface area contributed by atoms with Crippen molar-refractivity contribution >= 4 is 0 Å². The van der Waals surface area contributed by atoms with Crippen molar-refractivity contribution in [2.24, 2.45) is 0 Å². The Morgan fingerprint density at radius 3 is 1.95 bits per heavy atom. The van der Waals surface area contributed by atoms with Gasteiger partial charge < -0.3 is 24.3 Å². The van der Waals surface area contributed by atoms with Gasteiger partial charge in [0.15, 0.2) is 0 Å². The van der Waals surface area contributed by atoms with E-state index in [9.17, 15) is 0 Å². The number of unbranched alkanes of at least 4 members (excludes halogenated alkanes) is 1. The van der Waals surface area contributed by atoms with Gasteiger partial charge in [-0.05, 0) is 27.2 Å². The van der Waals surface area contributed by atoms with Gasteiger partial charge in [-0.3, -0.25) is 0 Å². The van der Waals surface area contributed by atoms with Crippen LogP contribution < -0.4 is 5.32 Å². The molecule has 1 N–H and O–H groups in total. The smallest absolute Gasteiger partial charge is 0.0750 e. The van der Waals surface area contributed by atoms with Gasteiger partial charge in [-0.25, -0.2) is 0 Å². The molecule has 21 heavy (non-hydrogen) atoms. The van der Waals surface area contributed by atoms with Crippen molar-refractivity contribution in [2.45, 2.75) is 46.1 Å². The van der Waals surface area contributed by atoms with Crippen molar-refractivity contribution in [1.82, 2.24) is 5.32 Å². The van der Waals surface area contributed by atoms with Gasteiger partial charge in [0.05, 0.1) is 38.6 Å². The molecule has 0 aromatic heterocycles. The molecule has 0 aliphatic heterocycles. The summed E-state index contributed by atoms with van der Waals surface area (Å²) in [6, 6.07) is 0. The Balaban J connectivity index is 3.12. The van der Waals surface area contributed by atoms with Gasteiger partial charge in [-0.15, -0.1) is 0 Å². The molecule has 0 amide bonds. The van der Waals surface area contributed by atoms with E-state index in [-0.39, 0.29) is 5.60 Å². The third-order valence-electron chi connectivity index (χ3n) is 2.90. The Morgan fingerprint density at radius 2 is 1.38 bits per heavy atom. The van der Waals surface area contributed by atoms with Crippen LogP contribution in [0.15, 0.2) is 0 Å². The number of hydrogen-bond acceptors (Lipinski definition) is 5. The van der Waals surface area contributed by atoms with Crippen LogP contribution in [0.4, 0.5) is 0 Å². The molecule has 128 valence electrons. The van der Waals surface area contributed by atoms with E-state index < -0.39 is 0 Å². The van der Waals surface area contributed by atoms with Gasteiger partial charge in [0.2, 0.25) is 0 Å².